The molecule has 18 heteroatoms. The number of aromatic amines is 2. The Labute approximate surface area is 376 Å². The van der Waals surface area contributed by atoms with E-state index in [1.54, 1.807) is 11.1 Å². The quantitative estimate of drug-likeness (QED) is 0.0431. The summed E-state index contributed by atoms with van der Waals surface area (Å²) >= 11 is 0. The van der Waals surface area contributed by atoms with Crippen molar-refractivity contribution in [3.63, 3.8) is 0 Å². The van der Waals surface area contributed by atoms with Gasteiger partial charge in [-0.2, -0.15) is 0 Å². The van der Waals surface area contributed by atoms with Gasteiger partial charge in [0.15, 0.2) is 5.82 Å². The summed E-state index contributed by atoms with van der Waals surface area (Å²) in [6, 6.07) is 14.7. The van der Waals surface area contributed by atoms with Gasteiger partial charge in [0.1, 0.15) is 18.1 Å². The molecule has 2 heterocycles. The summed E-state index contributed by atoms with van der Waals surface area (Å²) < 4.78 is 0. The predicted octanol–water partition coefficient (Wildman–Crippen LogP) is 3.73. The summed E-state index contributed by atoms with van der Waals surface area (Å²) in [4.78, 5) is 78.9. The Morgan fingerprint density at radius 2 is 1.45 bits per heavy atom. The van der Waals surface area contributed by atoms with E-state index >= 15 is 0 Å². The molecule has 0 aliphatic heterocycles. The number of hydrogen-bond donors (Lipinski definition) is 8. The summed E-state index contributed by atoms with van der Waals surface area (Å²) in [5, 5.41) is 39.8. The maximum atomic E-state index is 14.4. The van der Waals surface area contributed by atoms with Crippen LogP contribution < -0.4 is 26.6 Å². The highest BCUT2D eigenvalue weighted by Gasteiger charge is 2.35. The van der Waals surface area contributed by atoms with Crippen molar-refractivity contribution in [2.45, 2.75) is 136 Å². The molecule has 348 valence electrons. The molecule has 8 N–H and O–H groups in total. The topological polar surface area (TPSA) is 252 Å². The number of carbonyl (C=O) groups excluding carboxylic acids is 5. The van der Waals surface area contributed by atoms with E-state index in [0.29, 0.717) is 43.9 Å². The van der Waals surface area contributed by atoms with Crippen molar-refractivity contribution in [3.8, 4) is 0 Å². The highest BCUT2D eigenvalue weighted by molar-refractivity contribution is 5.92. The van der Waals surface area contributed by atoms with Crippen LogP contribution in [-0.2, 0) is 45.1 Å². The first-order valence-corrected chi connectivity index (χ1v) is 22.5. The molecule has 3 unspecified atom stereocenters. The lowest BCUT2D eigenvalue weighted by molar-refractivity contribution is -0.134. The fourth-order valence-corrected chi connectivity index (χ4v) is 7.36. The van der Waals surface area contributed by atoms with Gasteiger partial charge < -0.3 is 41.6 Å². The van der Waals surface area contributed by atoms with Crippen molar-refractivity contribution in [1.82, 2.24) is 62.1 Å². The van der Waals surface area contributed by atoms with Gasteiger partial charge in [0.05, 0.1) is 30.7 Å². The second-order valence-corrected chi connectivity index (χ2v) is 16.8. The number of amides is 6. The predicted molar refractivity (Wildman–Crippen MR) is 242 cm³/mol. The Morgan fingerprint density at radius 3 is 2.05 bits per heavy atom. The van der Waals surface area contributed by atoms with Crippen LogP contribution in [0.25, 0.3) is 0 Å². The molecule has 2 aromatic carbocycles. The third-order valence-corrected chi connectivity index (χ3v) is 11.4. The number of aliphatic hydroxyl groups excluding tert-OH is 1. The number of benzene rings is 2. The molecule has 0 saturated heterocycles. The molecule has 0 spiro atoms. The molecular formula is C46H68N12O6. The largest absolute Gasteiger partial charge is 0.391 e. The van der Waals surface area contributed by atoms with Crippen LogP contribution in [0.15, 0.2) is 73.2 Å². The lowest BCUT2D eigenvalue weighted by atomic mass is 9.85. The molecule has 4 aromatic rings. The zero-order valence-electron chi connectivity index (χ0n) is 38.0. The van der Waals surface area contributed by atoms with Crippen LogP contribution in [-0.4, -0.2) is 107 Å². The molecule has 6 amide bonds. The van der Waals surface area contributed by atoms with E-state index < -0.39 is 65.8 Å². The monoisotopic (exact) mass is 885 g/mol. The Hall–Kier alpha value is -6.17. The van der Waals surface area contributed by atoms with Crippen LogP contribution in [0.1, 0.15) is 103 Å². The van der Waals surface area contributed by atoms with E-state index in [9.17, 15) is 29.1 Å². The number of urea groups is 1. The molecule has 0 aliphatic carbocycles. The number of H-pyrrole nitrogens is 2. The first-order valence-electron chi connectivity index (χ1n) is 22.5. The van der Waals surface area contributed by atoms with Crippen molar-refractivity contribution >= 4 is 29.7 Å². The average Bonchev–Trinajstić information content (AvgIpc) is 4.02. The van der Waals surface area contributed by atoms with Crippen molar-refractivity contribution < 1.29 is 29.1 Å². The second-order valence-electron chi connectivity index (χ2n) is 16.8. The van der Waals surface area contributed by atoms with Gasteiger partial charge in [-0.05, 0) is 52.7 Å². The van der Waals surface area contributed by atoms with E-state index in [4.69, 9.17) is 0 Å². The molecular weight excluding hydrogens is 817 g/mol. The lowest BCUT2D eigenvalue weighted by Crippen LogP contribution is -2.58. The van der Waals surface area contributed by atoms with Crippen molar-refractivity contribution in [2.75, 3.05) is 6.54 Å². The van der Waals surface area contributed by atoms with Gasteiger partial charge in [0.2, 0.25) is 23.6 Å². The lowest BCUT2D eigenvalue weighted by Gasteiger charge is -2.32. The van der Waals surface area contributed by atoms with Gasteiger partial charge >= 0.3 is 6.03 Å². The SMILES string of the molecule is CCCCN(Cc1ccccc1)C(=O)N[C@@H](Cc1ccccc1)C(=O)N[C@@H](Cc1c[nH]cn1)C(=O)NC(CCC)C(O)CC(C(=O)N[C@H](C(=O)NCc1nnn[nH]1)[C@@H](C)CC)C(C)C. The Morgan fingerprint density at radius 1 is 0.781 bits per heavy atom. The number of unbranched alkanes of at least 4 members (excludes halogenated alkanes) is 1. The van der Waals surface area contributed by atoms with Gasteiger partial charge in [-0.1, -0.05) is 121 Å². The minimum Gasteiger partial charge on any atom is -0.391 e. The van der Waals surface area contributed by atoms with Gasteiger partial charge in [-0.3, -0.25) is 19.2 Å². The van der Waals surface area contributed by atoms with E-state index in [1.165, 1.54) is 6.33 Å². The Balaban J connectivity index is 1.52. The molecule has 0 saturated carbocycles. The number of aromatic nitrogens is 6. The number of rotatable bonds is 27. The minimum atomic E-state index is -1.16. The van der Waals surface area contributed by atoms with Gasteiger partial charge in [0.25, 0.3) is 0 Å². The summed E-state index contributed by atoms with van der Waals surface area (Å²) in [6.45, 7) is 12.4. The third kappa shape index (κ3) is 16.2. The number of nitrogens with zero attached hydrogens (tertiary/aromatic N) is 5. The van der Waals surface area contributed by atoms with Gasteiger partial charge in [0, 0.05) is 38.0 Å². The Bertz CT molecular complexity index is 1980. The molecule has 0 radical (unpaired) electrons. The number of carbonyl (C=O) groups is 5. The zero-order valence-corrected chi connectivity index (χ0v) is 38.0. The fourth-order valence-electron chi connectivity index (χ4n) is 7.36. The maximum Gasteiger partial charge on any atom is 0.318 e. The third-order valence-electron chi connectivity index (χ3n) is 11.4. The van der Waals surface area contributed by atoms with Crippen LogP contribution in [0.4, 0.5) is 4.79 Å². The van der Waals surface area contributed by atoms with E-state index in [0.717, 1.165) is 24.0 Å². The maximum absolute atomic E-state index is 14.4. The molecule has 2 aromatic heterocycles. The fraction of sp³-hybridized carbons (Fsp3) is 0.543. The second kappa shape index (κ2) is 26.5. The van der Waals surface area contributed by atoms with Crippen molar-refractivity contribution in [3.05, 3.63) is 95.8 Å². The normalized spacial score (nSPS) is 14.6. The smallest absolute Gasteiger partial charge is 0.318 e. The Kier molecular flexibility index (Phi) is 20.9. The highest BCUT2D eigenvalue weighted by atomic mass is 16.3. The van der Waals surface area contributed by atoms with E-state index in [2.05, 4.69) is 57.2 Å². The van der Waals surface area contributed by atoms with Crippen LogP contribution in [0.3, 0.4) is 0 Å². The van der Waals surface area contributed by atoms with Crippen LogP contribution >= 0.6 is 0 Å². The summed E-state index contributed by atoms with van der Waals surface area (Å²) in [5.74, 6) is -2.72. The number of tetrazole rings is 1. The number of hydrogen-bond acceptors (Lipinski definition) is 10. The molecule has 0 aliphatic rings. The number of nitrogens with one attached hydrogen (secondary N) is 7. The average molecular weight is 885 g/mol. The summed E-state index contributed by atoms with van der Waals surface area (Å²) in [7, 11) is 0. The van der Waals surface area contributed by atoms with Crippen LogP contribution in [0.2, 0.25) is 0 Å². The van der Waals surface area contributed by atoms with Crippen molar-refractivity contribution in [2.24, 2.45) is 17.8 Å². The van der Waals surface area contributed by atoms with Crippen molar-refractivity contribution in [1.29, 1.82) is 0 Å². The molecule has 0 bridgehead atoms. The first kappa shape index (κ1) is 50.5. The number of aliphatic hydroxyl groups is 1. The summed E-state index contributed by atoms with van der Waals surface area (Å²) in [5.41, 5.74) is 2.28. The van der Waals surface area contributed by atoms with Gasteiger partial charge in [-0.25, -0.2) is 14.9 Å². The molecule has 7 atom stereocenters. The zero-order chi connectivity index (χ0) is 46.4. The van der Waals surface area contributed by atoms with E-state index in [-0.39, 0.29) is 37.6 Å². The number of imidazole rings is 1. The molecule has 4 rings (SSSR count). The molecule has 0 fully saturated rings. The van der Waals surface area contributed by atoms with Gasteiger partial charge in [-0.15, -0.1) is 5.10 Å². The first-order chi connectivity index (χ1) is 30.8. The van der Waals surface area contributed by atoms with E-state index in [1.807, 2.05) is 102 Å². The van der Waals surface area contributed by atoms with Crippen LogP contribution in [0.5, 0.6) is 0 Å². The standard InChI is InChI=1S/C46H68N12O6/c1-7-10-22-58(28-33-20-15-12-16-21-33)46(64)52-37(23-32-18-13-11-14-19-32)43(61)51-38(24-34-26-47-29-49-34)44(62)50-36(17-8-2)39(59)25-35(30(4)5)42(60)53-41(31(6)9-3)45(63)48-27-40-54-56-57-55-40/h11-16,18-21,26,29-31,35-39,41,59H,7-10,17,22-25,27-28H2,1-6H3,(H,47,49)(H,48,63)(H,50,62)(H,51,61)(H,52,64)(H,53,60)(H,54,55,56,57)/t31-,35?,36?,37-,38-,39?,41-/m0/s1. The van der Waals surface area contributed by atoms with Crippen LogP contribution in [0, 0.1) is 17.8 Å². The minimum absolute atomic E-state index is 0.00783. The highest BCUT2D eigenvalue weighted by Crippen LogP contribution is 2.22. The summed E-state index contributed by atoms with van der Waals surface area (Å²) in [6.07, 6.45) is 5.34. The molecule has 64 heavy (non-hydrogen) atoms. The molecule has 18 nitrogen and oxygen atoms in total.